The molecule has 1 aromatic carbocycles. The molecular formula is C18H21N. The zero-order chi connectivity index (χ0) is 13.2. The van der Waals surface area contributed by atoms with E-state index in [1.54, 1.807) is 0 Å². The van der Waals surface area contributed by atoms with Gasteiger partial charge in [0.05, 0.1) is 5.69 Å². The molecule has 0 amide bonds. The van der Waals surface area contributed by atoms with Gasteiger partial charge in [-0.05, 0) is 55.4 Å². The van der Waals surface area contributed by atoms with Crippen molar-refractivity contribution in [3.05, 3.63) is 53.2 Å². The molecule has 1 heterocycles. The molecule has 0 bridgehead atoms. The van der Waals surface area contributed by atoms with E-state index in [4.69, 9.17) is 4.98 Å². The average molecular weight is 251 g/mol. The Hall–Kier alpha value is -1.63. The van der Waals surface area contributed by atoms with Crippen LogP contribution in [0.25, 0.3) is 11.3 Å². The lowest BCUT2D eigenvalue weighted by Gasteiger charge is -2.14. The summed E-state index contributed by atoms with van der Waals surface area (Å²) in [5, 5.41) is 0. The van der Waals surface area contributed by atoms with E-state index >= 15 is 0 Å². The van der Waals surface area contributed by atoms with Gasteiger partial charge in [0, 0.05) is 11.8 Å². The third-order valence-corrected chi connectivity index (χ3v) is 4.37. The fourth-order valence-electron chi connectivity index (χ4n) is 3.24. The molecule has 1 aliphatic rings. The van der Waals surface area contributed by atoms with Crippen LogP contribution in [0, 0.1) is 13.8 Å². The Morgan fingerprint density at radius 3 is 2.42 bits per heavy atom. The van der Waals surface area contributed by atoms with Crippen LogP contribution in [0.3, 0.4) is 0 Å². The second-order valence-corrected chi connectivity index (χ2v) is 5.72. The zero-order valence-electron chi connectivity index (χ0n) is 11.8. The third kappa shape index (κ3) is 2.42. The summed E-state index contributed by atoms with van der Waals surface area (Å²) < 4.78 is 0. The highest BCUT2D eigenvalue weighted by molar-refractivity contribution is 5.64. The predicted molar refractivity (Wildman–Crippen MR) is 80.4 cm³/mol. The van der Waals surface area contributed by atoms with Crippen LogP contribution in [0.4, 0.5) is 0 Å². The molecule has 0 spiro atoms. The van der Waals surface area contributed by atoms with Gasteiger partial charge in [-0.25, -0.2) is 0 Å². The second kappa shape index (κ2) is 5.16. The number of benzene rings is 1. The lowest BCUT2D eigenvalue weighted by atomic mass is 9.94. The lowest BCUT2D eigenvalue weighted by Crippen LogP contribution is -1.98. The highest BCUT2D eigenvalue weighted by Crippen LogP contribution is 2.36. The van der Waals surface area contributed by atoms with Gasteiger partial charge < -0.3 is 0 Å². The summed E-state index contributed by atoms with van der Waals surface area (Å²) in [7, 11) is 0. The van der Waals surface area contributed by atoms with Crippen LogP contribution in [0.2, 0.25) is 0 Å². The van der Waals surface area contributed by atoms with Crippen LogP contribution in [-0.4, -0.2) is 4.98 Å². The highest BCUT2D eigenvalue weighted by Gasteiger charge is 2.19. The van der Waals surface area contributed by atoms with Gasteiger partial charge in [-0.3, -0.25) is 4.98 Å². The van der Waals surface area contributed by atoms with E-state index in [0.717, 1.165) is 11.6 Å². The first-order valence-corrected chi connectivity index (χ1v) is 7.28. The molecule has 1 aromatic heterocycles. The fraction of sp³-hybridized carbons (Fsp3) is 0.389. The van der Waals surface area contributed by atoms with Crippen LogP contribution in [-0.2, 0) is 0 Å². The Kier molecular flexibility index (Phi) is 3.37. The van der Waals surface area contributed by atoms with Crippen molar-refractivity contribution in [1.82, 2.24) is 4.98 Å². The minimum atomic E-state index is 0.749. The minimum absolute atomic E-state index is 0.749. The molecule has 1 aliphatic carbocycles. The van der Waals surface area contributed by atoms with E-state index in [1.807, 2.05) is 0 Å². The molecule has 0 radical (unpaired) electrons. The average Bonchev–Trinajstić information content (AvgIpc) is 2.93. The van der Waals surface area contributed by atoms with Crippen LogP contribution < -0.4 is 0 Å². The number of nitrogens with zero attached hydrogens (tertiary/aromatic N) is 1. The second-order valence-electron chi connectivity index (χ2n) is 5.72. The third-order valence-electron chi connectivity index (χ3n) is 4.37. The van der Waals surface area contributed by atoms with Crippen molar-refractivity contribution < 1.29 is 0 Å². The van der Waals surface area contributed by atoms with Crippen molar-refractivity contribution in [2.45, 2.75) is 45.4 Å². The minimum Gasteiger partial charge on any atom is -0.256 e. The summed E-state index contributed by atoms with van der Waals surface area (Å²) in [5.74, 6) is 0.749. The van der Waals surface area contributed by atoms with E-state index in [1.165, 1.54) is 47.9 Å². The molecule has 2 aromatic rings. The van der Waals surface area contributed by atoms with Crippen molar-refractivity contribution in [3.63, 3.8) is 0 Å². The quantitative estimate of drug-likeness (QED) is 0.730. The smallest absolute Gasteiger partial charge is 0.0707 e. The van der Waals surface area contributed by atoms with E-state index < -0.39 is 0 Å². The summed E-state index contributed by atoms with van der Waals surface area (Å²) in [6, 6.07) is 10.7. The normalized spacial score (nSPS) is 15.9. The van der Waals surface area contributed by atoms with Gasteiger partial charge in [-0.15, -0.1) is 0 Å². The van der Waals surface area contributed by atoms with Crippen molar-refractivity contribution in [2.75, 3.05) is 0 Å². The van der Waals surface area contributed by atoms with E-state index in [-0.39, 0.29) is 0 Å². The standard InChI is InChI=1S/C18H21N/c1-13-7-3-6-10-16(13)18-11-14(2)17(12-19-18)15-8-4-5-9-15/h3,6-7,10-12,15H,4-5,8-9H2,1-2H3. The van der Waals surface area contributed by atoms with Crippen molar-refractivity contribution in [3.8, 4) is 11.3 Å². The summed E-state index contributed by atoms with van der Waals surface area (Å²) in [4.78, 5) is 4.72. The van der Waals surface area contributed by atoms with Gasteiger partial charge in [0.15, 0.2) is 0 Å². The molecule has 0 N–H and O–H groups in total. The van der Waals surface area contributed by atoms with Crippen LogP contribution in [0.5, 0.6) is 0 Å². The Morgan fingerprint density at radius 1 is 1.00 bits per heavy atom. The molecule has 0 saturated heterocycles. The maximum atomic E-state index is 4.72. The number of rotatable bonds is 2. The molecule has 1 saturated carbocycles. The lowest BCUT2D eigenvalue weighted by molar-refractivity contribution is 0.714. The Morgan fingerprint density at radius 2 is 1.74 bits per heavy atom. The molecule has 0 aliphatic heterocycles. The topological polar surface area (TPSA) is 12.9 Å². The first-order valence-electron chi connectivity index (χ1n) is 7.28. The summed E-state index contributed by atoms with van der Waals surface area (Å²) >= 11 is 0. The Balaban J connectivity index is 1.97. The molecule has 0 atom stereocenters. The van der Waals surface area contributed by atoms with Crippen LogP contribution in [0.15, 0.2) is 36.5 Å². The first-order chi connectivity index (χ1) is 9.25. The fourth-order valence-corrected chi connectivity index (χ4v) is 3.24. The van der Waals surface area contributed by atoms with Crippen molar-refractivity contribution >= 4 is 0 Å². The van der Waals surface area contributed by atoms with E-state index in [9.17, 15) is 0 Å². The molecule has 1 nitrogen and oxygen atoms in total. The maximum absolute atomic E-state index is 4.72. The van der Waals surface area contributed by atoms with Gasteiger partial charge in [-0.1, -0.05) is 37.1 Å². The van der Waals surface area contributed by atoms with Crippen molar-refractivity contribution in [1.29, 1.82) is 0 Å². The van der Waals surface area contributed by atoms with Crippen molar-refractivity contribution in [2.24, 2.45) is 0 Å². The van der Waals surface area contributed by atoms with Crippen LogP contribution in [0.1, 0.15) is 48.3 Å². The van der Waals surface area contributed by atoms with Gasteiger partial charge in [0.2, 0.25) is 0 Å². The molecule has 3 rings (SSSR count). The molecule has 19 heavy (non-hydrogen) atoms. The summed E-state index contributed by atoms with van der Waals surface area (Å²) in [6.45, 7) is 4.38. The highest BCUT2D eigenvalue weighted by atomic mass is 14.7. The number of hydrogen-bond donors (Lipinski definition) is 0. The maximum Gasteiger partial charge on any atom is 0.0707 e. The van der Waals surface area contributed by atoms with E-state index in [2.05, 4.69) is 50.4 Å². The summed E-state index contributed by atoms with van der Waals surface area (Å²) in [6.07, 6.45) is 7.55. The zero-order valence-corrected chi connectivity index (χ0v) is 11.8. The van der Waals surface area contributed by atoms with Gasteiger partial charge >= 0.3 is 0 Å². The number of aromatic nitrogens is 1. The molecular weight excluding hydrogens is 230 g/mol. The molecule has 98 valence electrons. The Labute approximate surface area is 115 Å². The Bertz CT molecular complexity index is 580. The van der Waals surface area contributed by atoms with Crippen LogP contribution >= 0.6 is 0 Å². The molecule has 1 fully saturated rings. The number of pyridine rings is 1. The van der Waals surface area contributed by atoms with Gasteiger partial charge in [0.25, 0.3) is 0 Å². The number of hydrogen-bond acceptors (Lipinski definition) is 1. The monoisotopic (exact) mass is 251 g/mol. The molecule has 1 heteroatoms. The molecule has 0 unspecified atom stereocenters. The predicted octanol–water partition coefficient (Wildman–Crippen LogP) is 5.02. The van der Waals surface area contributed by atoms with Gasteiger partial charge in [0.1, 0.15) is 0 Å². The summed E-state index contributed by atoms with van der Waals surface area (Å²) in [5.41, 5.74) is 6.53. The number of aryl methyl sites for hydroxylation is 2. The first kappa shape index (κ1) is 12.4. The SMILES string of the molecule is Cc1ccccc1-c1cc(C)c(C2CCCC2)cn1. The largest absolute Gasteiger partial charge is 0.256 e. The van der Waals surface area contributed by atoms with Gasteiger partial charge in [-0.2, -0.15) is 0 Å². The van der Waals surface area contributed by atoms with E-state index in [0.29, 0.717) is 0 Å².